The summed E-state index contributed by atoms with van der Waals surface area (Å²) in [6.45, 7) is 5.19. The van der Waals surface area contributed by atoms with E-state index in [1.807, 2.05) is 6.07 Å². The van der Waals surface area contributed by atoms with Crippen molar-refractivity contribution in [1.82, 2.24) is 14.6 Å². The normalized spacial score (nSPS) is 14.2. The van der Waals surface area contributed by atoms with Gasteiger partial charge in [-0.25, -0.2) is 19.1 Å². The number of hydrogen-bond donors (Lipinski definition) is 0. The van der Waals surface area contributed by atoms with Gasteiger partial charge >= 0.3 is 6.09 Å². The van der Waals surface area contributed by atoms with Crippen molar-refractivity contribution in [2.45, 2.75) is 51.6 Å². The lowest BCUT2D eigenvalue weighted by Gasteiger charge is -2.28. The molecule has 0 aliphatic heterocycles. The van der Waals surface area contributed by atoms with Crippen LogP contribution in [0.2, 0.25) is 5.15 Å². The van der Waals surface area contributed by atoms with Crippen LogP contribution in [0.25, 0.3) is 5.65 Å². The topological polar surface area (TPSA) is 83.5 Å². The second kappa shape index (κ2) is 7.82. The van der Waals surface area contributed by atoms with Crippen LogP contribution in [0, 0.1) is 17.1 Å². The lowest BCUT2D eigenvalue weighted by molar-refractivity contribution is 0.0597. The Morgan fingerprint density at radius 2 is 2.06 bits per heavy atom. The zero-order chi connectivity index (χ0) is 22.3. The zero-order valence-corrected chi connectivity index (χ0v) is 18.1. The molecule has 1 aromatic carbocycles. The summed E-state index contributed by atoms with van der Waals surface area (Å²) in [5, 5.41) is 13.9. The standard InChI is InChI=1S/C22H21ClFN5O2/c1-22(2,3)31-21(30)28(16-8-13(11-25)7-15(24)9-16)19-10-18(23)27-20-17(12-26-29(19)20)14-5-4-6-14/h7-10,12,14H,4-6H2,1-3H3. The van der Waals surface area contributed by atoms with E-state index in [0.29, 0.717) is 11.6 Å². The van der Waals surface area contributed by atoms with Gasteiger partial charge in [0.1, 0.15) is 22.4 Å². The predicted octanol–water partition coefficient (Wildman–Crippen LogP) is 5.73. The van der Waals surface area contributed by atoms with E-state index in [-0.39, 0.29) is 22.2 Å². The maximum absolute atomic E-state index is 14.3. The average molecular weight is 442 g/mol. The lowest BCUT2D eigenvalue weighted by atomic mass is 9.81. The van der Waals surface area contributed by atoms with Crippen LogP contribution in [-0.4, -0.2) is 26.3 Å². The number of fused-ring (bicyclic) bond motifs is 1. The quantitative estimate of drug-likeness (QED) is 0.484. The molecular formula is C22H21ClFN5O2. The van der Waals surface area contributed by atoms with Gasteiger partial charge in [-0.3, -0.25) is 0 Å². The highest BCUT2D eigenvalue weighted by molar-refractivity contribution is 6.29. The van der Waals surface area contributed by atoms with Crippen molar-refractivity contribution >= 4 is 34.8 Å². The van der Waals surface area contributed by atoms with Crippen LogP contribution in [0.15, 0.2) is 30.5 Å². The largest absolute Gasteiger partial charge is 0.443 e. The molecule has 0 atom stereocenters. The summed E-state index contributed by atoms with van der Waals surface area (Å²) in [4.78, 5) is 18.8. The molecule has 7 nitrogen and oxygen atoms in total. The predicted molar refractivity (Wildman–Crippen MR) is 114 cm³/mol. The van der Waals surface area contributed by atoms with Crippen molar-refractivity contribution in [2.24, 2.45) is 0 Å². The number of benzene rings is 1. The van der Waals surface area contributed by atoms with Gasteiger partial charge in [0, 0.05) is 11.6 Å². The van der Waals surface area contributed by atoms with Crippen LogP contribution < -0.4 is 4.90 Å². The molecule has 9 heteroatoms. The molecule has 1 aliphatic rings. The fraction of sp³-hybridized carbons (Fsp3) is 0.364. The van der Waals surface area contributed by atoms with Crippen molar-refractivity contribution in [3.05, 3.63) is 52.6 Å². The van der Waals surface area contributed by atoms with Crippen molar-refractivity contribution in [2.75, 3.05) is 4.90 Å². The number of halogens is 2. The van der Waals surface area contributed by atoms with E-state index in [1.54, 1.807) is 27.0 Å². The van der Waals surface area contributed by atoms with Crippen LogP contribution in [0.1, 0.15) is 57.1 Å². The fourth-order valence-electron chi connectivity index (χ4n) is 3.51. The van der Waals surface area contributed by atoms with Crippen molar-refractivity contribution in [3.8, 4) is 6.07 Å². The van der Waals surface area contributed by atoms with Crippen LogP contribution >= 0.6 is 11.6 Å². The highest BCUT2D eigenvalue weighted by Crippen LogP contribution is 2.39. The van der Waals surface area contributed by atoms with E-state index >= 15 is 0 Å². The van der Waals surface area contributed by atoms with Crippen LogP contribution in [-0.2, 0) is 4.74 Å². The summed E-state index contributed by atoms with van der Waals surface area (Å²) in [6, 6.07) is 7.02. The third kappa shape index (κ3) is 4.19. The van der Waals surface area contributed by atoms with E-state index < -0.39 is 17.5 Å². The minimum atomic E-state index is -0.808. The number of aromatic nitrogens is 3. The van der Waals surface area contributed by atoms with E-state index in [0.717, 1.165) is 41.9 Å². The molecule has 1 saturated carbocycles. The van der Waals surface area contributed by atoms with Gasteiger partial charge in [-0.2, -0.15) is 14.9 Å². The maximum atomic E-state index is 14.3. The molecule has 2 aromatic heterocycles. The molecule has 0 unspecified atom stereocenters. The zero-order valence-electron chi connectivity index (χ0n) is 17.4. The van der Waals surface area contributed by atoms with Crippen molar-refractivity contribution in [1.29, 1.82) is 5.26 Å². The summed E-state index contributed by atoms with van der Waals surface area (Å²) in [7, 11) is 0. The Kier molecular flexibility index (Phi) is 5.31. The molecule has 3 aromatic rings. The Labute approximate surface area is 184 Å². The van der Waals surface area contributed by atoms with Crippen LogP contribution in [0.3, 0.4) is 0 Å². The van der Waals surface area contributed by atoms with Gasteiger partial charge < -0.3 is 4.74 Å². The Morgan fingerprint density at radius 3 is 2.68 bits per heavy atom. The summed E-state index contributed by atoms with van der Waals surface area (Å²) < 4.78 is 21.3. The summed E-state index contributed by atoms with van der Waals surface area (Å²) >= 11 is 6.32. The molecular weight excluding hydrogens is 421 g/mol. The van der Waals surface area contributed by atoms with Crippen LogP contribution in [0.4, 0.5) is 20.7 Å². The first-order chi connectivity index (χ1) is 14.7. The molecule has 1 aliphatic carbocycles. The highest BCUT2D eigenvalue weighted by atomic mass is 35.5. The minimum absolute atomic E-state index is 0.0653. The molecule has 2 heterocycles. The lowest BCUT2D eigenvalue weighted by Crippen LogP contribution is -2.35. The van der Waals surface area contributed by atoms with E-state index in [4.69, 9.17) is 16.3 Å². The number of ether oxygens (including phenoxy) is 1. The molecule has 1 fully saturated rings. The number of rotatable bonds is 3. The van der Waals surface area contributed by atoms with E-state index in [1.165, 1.54) is 16.6 Å². The van der Waals surface area contributed by atoms with Gasteiger partial charge in [-0.1, -0.05) is 18.0 Å². The second-order valence-electron chi connectivity index (χ2n) is 8.53. The van der Waals surface area contributed by atoms with Crippen LogP contribution in [0.5, 0.6) is 0 Å². The summed E-state index contributed by atoms with van der Waals surface area (Å²) in [5.74, 6) is -0.0791. The number of anilines is 2. The first-order valence-electron chi connectivity index (χ1n) is 9.94. The maximum Gasteiger partial charge on any atom is 0.420 e. The van der Waals surface area contributed by atoms with Gasteiger partial charge in [0.05, 0.1) is 23.5 Å². The monoisotopic (exact) mass is 441 g/mol. The molecule has 160 valence electrons. The third-order valence-electron chi connectivity index (χ3n) is 5.07. The first-order valence-corrected chi connectivity index (χ1v) is 10.3. The Bertz CT molecular complexity index is 1210. The molecule has 31 heavy (non-hydrogen) atoms. The van der Waals surface area contributed by atoms with Gasteiger partial charge in [0.15, 0.2) is 5.65 Å². The second-order valence-corrected chi connectivity index (χ2v) is 8.91. The number of carbonyl (C=O) groups is 1. The Balaban J connectivity index is 1.93. The van der Waals surface area contributed by atoms with Gasteiger partial charge in [-0.15, -0.1) is 0 Å². The molecule has 0 spiro atoms. The summed E-state index contributed by atoms with van der Waals surface area (Å²) in [5.41, 5.74) is 0.872. The van der Waals surface area contributed by atoms with Crippen molar-refractivity contribution < 1.29 is 13.9 Å². The number of amides is 1. The number of nitrogens with zero attached hydrogens (tertiary/aromatic N) is 5. The number of carbonyl (C=O) groups excluding carboxylic acids is 1. The third-order valence-corrected chi connectivity index (χ3v) is 5.26. The van der Waals surface area contributed by atoms with Gasteiger partial charge in [0.25, 0.3) is 0 Å². The van der Waals surface area contributed by atoms with Gasteiger partial charge in [-0.05, 0) is 57.7 Å². The molecule has 0 N–H and O–H groups in total. The average Bonchev–Trinajstić information content (AvgIpc) is 3.02. The molecule has 0 radical (unpaired) electrons. The fourth-order valence-corrected chi connectivity index (χ4v) is 3.69. The Hall–Kier alpha value is -3.18. The number of nitriles is 1. The van der Waals surface area contributed by atoms with E-state index in [2.05, 4.69) is 10.1 Å². The molecule has 0 saturated heterocycles. The molecule has 0 bridgehead atoms. The Morgan fingerprint density at radius 1 is 1.32 bits per heavy atom. The minimum Gasteiger partial charge on any atom is -0.443 e. The van der Waals surface area contributed by atoms with E-state index in [9.17, 15) is 14.4 Å². The van der Waals surface area contributed by atoms with Gasteiger partial charge in [0.2, 0.25) is 0 Å². The smallest absolute Gasteiger partial charge is 0.420 e. The first kappa shape index (κ1) is 21.1. The summed E-state index contributed by atoms with van der Waals surface area (Å²) in [6.07, 6.45) is 4.18. The highest BCUT2D eigenvalue weighted by Gasteiger charge is 2.30. The molecule has 1 amide bonds. The number of hydrogen-bond acceptors (Lipinski definition) is 5. The SMILES string of the molecule is CC(C)(C)OC(=O)N(c1cc(F)cc(C#N)c1)c1cc(Cl)nc2c(C3CCC3)cnn12. The molecule has 4 rings (SSSR count). The van der Waals surface area contributed by atoms with Crippen molar-refractivity contribution in [3.63, 3.8) is 0 Å².